The molecule has 0 unspecified atom stereocenters. The highest BCUT2D eigenvalue weighted by Gasteiger charge is 2.59. The summed E-state index contributed by atoms with van der Waals surface area (Å²) in [6.45, 7) is 15.6. The van der Waals surface area contributed by atoms with E-state index in [4.69, 9.17) is 9.47 Å². The van der Waals surface area contributed by atoms with Gasteiger partial charge in [0.2, 0.25) is 0 Å². The van der Waals surface area contributed by atoms with E-state index < -0.39 is 0 Å². The number of rotatable bonds is 52. The molecule has 3 saturated carbocycles. The van der Waals surface area contributed by atoms with Gasteiger partial charge in [0.1, 0.15) is 6.10 Å². The maximum absolute atomic E-state index is 13.0. The quantitative estimate of drug-likeness (QED) is 0.0346. The van der Waals surface area contributed by atoms with Crippen LogP contribution in [0.5, 0.6) is 0 Å². The maximum Gasteiger partial charge on any atom is 0.306 e. The minimum Gasteiger partial charge on any atom is -0.466 e. The molecular weight excluding hydrogens is 989 g/mol. The fraction of sp³-hybridized carbons (Fsp3) is 0.896. The molecule has 0 aromatic heterocycles. The maximum atomic E-state index is 13.0. The number of carbonyl (C=O) groups excluding carboxylic acids is 2. The second-order valence-electron chi connectivity index (χ2n) is 28.8. The Hall–Kier alpha value is -1.84. The molecule has 4 aliphatic carbocycles. The summed E-state index contributed by atoms with van der Waals surface area (Å²) >= 11 is 0. The van der Waals surface area contributed by atoms with Gasteiger partial charge in [0.05, 0.1) is 6.61 Å². The third-order valence-corrected chi connectivity index (χ3v) is 21.6. The molecule has 0 aromatic rings. The Balaban J connectivity index is 0.812. The molecule has 0 spiro atoms. The average molecular weight is 1130 g/mol. The van der Waals surface area contributed by atoms with Crippen molar-refractivity contribution in [2.75, 3.05) is 6.61 Å². The van der Waals surface area contributed by atoms with Crippen LogP contribution in [-0.4, -0.2) is 24.6 Å². The normalized spacial score (nSPS) is 23.9. The van der Waals surface area contributed by atoms with Crippen LogP contribution in [0.25, 0.3) is 0 Å². The van der Waals surface area contributed by atoms with Gasteiger partial charge in [-0.2, -0.15) is 0 Å². The van der Waals surface area contributed by atoms with Crippen LogP contribution in [0.1, 0.15) is 382 Å². The van der Waals surface area contributed by atoms with Gasteiger partial charge in [0, 0.05) is 19.3 Å². The number of hydrogen-bond acceptors (Lipinski definition) is 4. The van der Waals surface area contributed by atoms with Crippen molar-refractivity contribution in [3.05, 3.63) is 36.0 Å². The highest BCUT2D eigenvalue weighted by molar-refractivity contribution is 5.69. The van der Waals surface area contributed by atoms with E-state index in [1.54, 1.807) is 5.57 Å². The summed E-state index contributed by atoms with van der Waals surface area (Å²) in [5.41, 5.74) is 2.52. The Kier molecular flexibility index (Phi) is 40.2. The van der Waals surface area contributed by atoms with Crippen molar-refractivity contribution in [1.82, 2.24) is 0 Å². The lowest BCUT2D eigenvalue weighted by Gasteiger charge is -2.58. The Bertz CT molecular complexity index is 1640. The van der Waals surface area contributed by atoms with Crippen LogP contribution >= 0.6 is 0 Å². The fourth-order valence-electron chi connectivity index (χ4n) is 16.4. The SMILES string of the molecule is CCCCCCCC/C=C\CCCCCCCC(=O)OCCCCCCCC/C=C\CCCCCCCCCCCCCCCCCCCCCC(=O)O[C@H]1CC[C@@]2(C)C(=CC[C@H]3[C@@H]4CC[C@H]([C@H](C)CCCC(C)C)[C@@]4(C)CC[C@@H]32)C1. The molecule has 4 heteroatoms. The Labute approximate surface area is 505 Å². The van der Waals surface area contributed by atoms with Crippen LogP contribution < -0.4 is 0 Å². The first-order chi connectivity index (χ1) is 39.6. The van der Waals surface area contributed by atoms with Crippen molar-refractivity contribution in [1.29, 1.82) is 0 Å². The first-order valence-corrected chi connectivity index (χ1v) is 36.9. The number of allylic oxidation sites excluding steroid dienone is 5. The summed E-state index contributed by atoms with van der Waals surface area (Å²) < 4.78 is 11.7. The highest BCUT2D eigenvalue weighted by Crippen LogP contribution is 2.67. The van der Waals surface area contributed by atoms with E-state index in [2.05, 4.69) is 71.9 Å². The smallest absolute Gasteiger partial charge is 0.306 e. The van der Waals surface area contributed by atoms with Crippen LogP contribution in [0.15, 0.2) is 36.0 Å². The van der Waals surface area contributed by atoms with Gasteiger partial charge < -0.3 is 9.47 Å². The monoisotopic (exact) mass is 1130 g/mol. The molecule has 0 heterocycles. The van der Waals surface area contributed by atoms with Gasteiger partial charge in [-0.05, 0) is 162 Å². The fourth-order valence-corrected chi connectivity index (χ4v) is 16.4. The molecule has 3 fully saturated rings. The topological polar surface area (TPSA) is 52.6 Å². The Morgan fingerprint density at radius 3 is 1.42 bits per heavy atom. The van der Waals surface area contributed by atoms with Crippen molar-refractivity contribution in [2.45, 2.75) is 388 Å². The molecule has 4 nitrogen and oxygen atoms in total. The summed E-state index contributed by atoms with van der Waals surface area (Å²) in [4.78, 5) is 25.1. The molecule has 81 heavy (non-hydrogen) atoms. The van der Waals surface area contributed by atoms with E-state index in [1.807, 2.05) is 0 Å². The number of ether oxygens (including phenoxy) is 2. The molecule has 8 atom stereocenters. The minimum absolute atomic E-state index is 0.0100. The number of hydrogen-bond donors (Lipinski definition) is 0. The van der Waals surface area contributed by atoms with Crippen molar-refractivity contribution in [2.24, 2.45) is 46.3 Å². The van der Waals surface area contributed by atoms with Crippen molar-refractivity contribution in [3.63, 3.8) is 0 Å². The van der Waals surface area contributed by atoms with Gasteiger partial charge in [-0.25, -0.2) is 0 Å². The molecular formula is C77H138O4. The lowest BCUT2D eigenvalue weighted by atomic mass is 9.47. The average Bonchev–Trinajstić information content (AvgIpc) is 2.52. The van der Waals surface area contributed by atoms with E-state index in [-0.39, 0.29) is 18.0 Å². The van der Waals surface area contributed by atoms with Gasteiger partial charge in [0.25, 0.3) is 0 Å². The Morgan fingerprint density at radius 2 is 0.938 bits per heavy atom. The van der Waals surface area contributed by atoms with Gasteiger partial charge in [0.15, 0.2) is 0 Å². The van der Waals surface area contributed by atoms with E-state index in [1.165, 1.54) is 289 Å². The van der Waals surface area contributed by atoms with Crippen molar-refractivity contribution < 1.29 is 19.1 Å². The van der Waals surface area contributed by atoms with Crippen LogP contribution in [0.4, 0.5) is 0 Å². The summed E-state index contributed by atoms with van der Waals surface area (Å²) in [5.74, 6) is 5.30. The molecule has 4 rings (SSSR count). The first kappa shape index (κ1) is 71.6. The standard InChI is InChI=1S/C77H138O4/c1-7-8-9-10-11-12-13-14-30-33-36-39-42-45-48-54-74(78)80-64-50-47-44-41-38-35-32-29-27-25-23-21-19-17-15-16-18-20-22-24-26-28-31-34-37-40-43-46-49-55-75(79)81-69-60-62-76(5)68(65-69)56-57-70-72-59-58-71(67(4)53-51-52-66(2)3)77(72,6)63-61-73(70)76/h14,27,29-30,56,66-67,69-73H,7-13,15-26,28,31-55,57-65H2,1-6H3/b29-27-,30-14-/t67-,69+,70+,71-,72+,73+,76+,77-/m1/s1. The molecule has 0 aromatic carbocycles. The van der Waals surface area contributed by atoms with Gasteiger partial charge in [-0.15, -0.1) is 0 Å². The van der Waals surface area contributed by atoms with E-state index in [9.17, 15) is 9.59 Å². The zero-order chi connectivity index (χ0) is 57.9. The second-order valence-corrected chi connectivity index (χ2v) is 28.8. The third-order valence-electron chi connectivity index (χ3n) is 21.6. The van der Waals surface area contributed by atoms with Crippen LogP contribution in [0, 0.1) is 46.3 Å². The molecule has 470 valence electrons. The number of carbonyl (C=O) groups is 2. The highest BCUT2D eigenvalue weighted by atomic mass is 16.5. The molecule has 0 amide bonds. The number of fused-ring (bicyclic) bond motifs is 5. The minimum atomic E-state index is 0.0100. The molecule has 4 aliphatic rings. The number of unbranched alkanes of at least 4 members (excludes halogenated alkanes) is 36. The predicted molar refractivity (Wildman–Crippen MR) is 352 cm³/mol. The van der Waals surface area contributed by atoms with Crippen molar-refractivity contribution in [3.8, 4) is 0 Å². The second kappa shape index (κ2) is 45.5. The lowest BCUT2D eigenvalue weighted by Crippen LogP contribution is -2.51. The van der Waals surface area contributed by atoms with Gasteiger partial charge in [-0.3, -0.25) is 9.59 Å². The molecule has 0 N–H and O–H groups in total. The largest absolute Gasteiger partial charge is 0.466 e. The summed E-state index contributed by atoms with van der Waals surface area (Å²) in [6, 6.07) is 0. The van der Waals surface area contributed by atoms with Gasteiger partial charge >= 0.3 is 11.9 Å². The third kappa shape index (κ3) is 30.4. The predicted octanol–water partition coefficient (Wildman–Crippen LogP) is 25.0. The van der Waals surface area contributed by atoms with E-state index in [0.29, 0.717) is 30.3 Å². The van der Waals surface area contributed by atoms with Crippen molar-refractivity contribution >= 4 is 11.9 Å². The molecule has 0 saturated heterocycles. The summed E-state index contributed by atoms with van der Waals surface area (Å²) in [7, 11) is 0. The molecule has 0 aliphatic heterocycles. The number of esters is 2. The zero-order valence-electron chi connectivity index (χ0n) is 55.2. The van der Waals surface area contributed by atoms with E-state index in [0.717, 1.165) is 74.0 Å². The first-order valence-electron chi connectivity index (χ1n) is 36.9. The van der Waals surface area contributed by atoms with Gasteiger partial charge in [-0.1, -0.05) is 283 Å². The zero-order valence-corrected chi connectivity index (χ0v) is 55.2. The lowest BCUT2D eigenvalue weighted by molar-refractivity contribution is -0.151. The van der Waals surface area contributed by atoms with Crippen LogP contribution in [0.2, 0.25) is 0 Å². The molecule has 0 bridgehead atoms. The summed E-state index contributed by atoms with van der Waals surface area (Å²) in [6.07, 6.45) is 80.7. The van der Waals surface area contributed by atoms with Crippen LogP contribution in [-0.2, 0) is 19.1 Å². The molecule has 0 radical (unpaired) electrons. The summed E-state index contributed by atoms with van der Waals surface area (Å²) in [5, 5.41) is 0. The van der Waals surface area contributed by atoms with Crippen LogP contribution in [0.3, 0.4) is 0 Å². The Morgan fingerprint density at radius 1 is 0.494 bits per heavy atom. The van der Waals surface area contributed by atoms with E-state index >= 15 is 0 Å².